The van der Waals surface area contributed by atoms with Crippen LogP contribution in [0.1, 0.15) is 38.2 Å². The fourth-order valence-electron chi connectivity index (χ4n) is 1.67. The number of hydrogen-bond acceptors (Lipinski definition) is 2. The lowest BCUT2D eigenvalue weighted by Gasteiger charge is -2.12. The summed E-state index contributed by atoms with van der Waals surface area (Å²) in [6, 6.07) is 4.64. The molecule has 1 rings (SSSR count). The molecule has 2 heteroatoms. The van der Waals surface area contributed by atoms with Crippen molar-refractivity contribution in [2.24, 2.45) is 0 Å². The summed E-state index contributed by atoms with van der Waals surface area (Å²) in [6.07, 6.45) is 13.0. The van der Waals surface area contributed by atoms with Gasteiger partial charge in [-0.3, -0.25) is 4.98 Å². The number of pyridine rings is 1. The van der Waals surface area contributed by atoms with Crippen LogP contribution in [0.2, 0.25) is 0 Å². The summed E-state index contributed by atoms with van der Waals surface area (Å²) in [6.45, 7) is 2.23. The smallest absolute Gasteiger partial charge is 0.0340 e. The first-order chi connectivity index (χ1) is 7.86. The van der Waals surface area contributed by atoms with Gasteiger partial charge in [0.05, 0.1) is 0 Å². The standard InChI is InChI=1S/C14H22N2/c1-3-4-9-14(15-2)10-5-7-13-8-6-11-16-12-13/h5-8,11-12,14-15H,3-4,9-10H2,1-2H3/b7-5-. The Morgan fingerprint density at radius 3 is 3.00 bits per heavy atom. The predicted molar refractivity (Wildman–Crippen MR) is 70.3 cm³/mol. The summed E-state index contributed by atoms with van der Waals surface area (Å²) in [5.74, 6) is 0. The van der Waals surface area contributed by atoms with E-state index in [-0.39, 0.29) is 0 Å². The highest BCUT2D eigenvalue weighted by molar-refractivity contribution is 5.47. The topological polar surface area (TPSA) is 24.9 Å². The van der Waals surface area contributed by atoms with Crippen LogP contribution in [0.25, 0.3) is 6.08 Å². The van der Waals surface area contributed by atoms with Gasteiger partial charge in [-0.2, -0.15) is 0 Å². The maximum Gasteiger partial charge on any atom is 0.0340 e. The van der Waals surface area contributed by atoms with Crippen molar-refractivity contribution in [1.82, 2.24) is 10.3 Å². The van der Waals surface area contributed by atoms with E-state index in [4.69, 9.17) is 0 Å². The largest absolute Gasteiger partial charge is 0.317 e. The average molecular weight is 218 g/mol. The van der Waals surface area contributed by atoms with Crippen LogP contribution >= 0.6 is 0 Å². The molecule has 0 aliphatic rings. The minimum Gasteiger partial charge on any atom is -0.317 e. The first-order valence-corrected chi connectivity index (χ1v) is 6.10. The van der Waals surface area contributed by atoms with E-state index in [1.807, 2.05) is 19.3 Å². The Bertz CT molecular complexity index is 293. The molecule has 88 valence electrons. The molecule has 0 radical (unpaired) electrons. The lowest BCUT2D eigenvalue weighted by Crippen LogP contribution is -2.24. The van der Waals surface area contributed by atoms with Gasteiger partial charge in [-0.1, -0.05) is 38.0 Å². The number of rotatable bonds is 7. The second-order valence-corrected chi connectivity index (χ2v) is 4.05. The SMILES string of the molecule is CCCCC(C/C=C\c1cccnc1)NC. The molecule has 0 saturated heterocycles. The summed E-state index contributed by atoms with van der Waals surface area (Å²) < 4.78 is 0. The molecule has 0 bridgehead atoms. The Balaban J connectivity index is 2.34. The van der Waals surface area contributed by atoms with Gasteiger partial charge in [0.1, 0.15) is 0 Å². The predicted octanol–water partition coefficient (Wildman–Crippen LogP) is 3.26. The van der Waals surface area contributed by atoms with Crippen molar-refractivity contribution < 1.29 is 0 Å². The fraction of sp³-hybridized carbons (Fsp3) is 0.500. The van der Waals surface area contributed by atoms with Gasteiger partial charge in [-0.05, 0) is 31.5 Å². The molecule has 0 fully saturated rings. The molecule has 0 amide bonds. The molecule has 16 heavy (non-hydrogen) atoms. The molecule has 0 aliphatic carbocycles. The summed E-state index contributed by atoms with van der Waals surface area (Å²) in [7, 11) is 2.04. The second-order valence-electron chi connectivity index (χ2n) is 4.05. The highest BCUT2D eigenvalue weighted by Crippen LogP contribution is 2.07. The van der Waals surface area contributed by atoms with Crippen molar-refractivity contribution in [3.63, 3.8) is 0 Å². The van der Waals surface area contributed by atoms with Gasteiger partial charge >= 0.3 is 0 Å². The van der Waals surface area contributed by atoms with Crippen molar-refractivity contribution in [1.29, 1.82) is 0 Å². The van der Waals surface area contributed by atoms with Crippen LogP contribution in [0.4, 0.5) is 0 Å². The van der Waals surface area contributed by atoms with E-state index in [0.29, 0.717) is 6.04 Å². The first kappa shape index (κ1) is 12.9. The molecule has 0 spiro atoms. The van der Waals surface area contributed by atoms with Crippen LogP contribution < -0.4 is 5.32 Å². The number of nitrogens with zero attached hydrogens (tertiary/aromatic N) is 1. The second kappa shape index (κ2) is 8.05. The molecule has 0 saturated carbocycles. The van der Waals surface area contributed by atoms with E-state index in [1.165, 1.54) is 24.8 Å². The first-order valence-electron chi connectivity index (χ1n) is 6.10. The van der Waals surface area contributed by atoms with Crippen molar-refractivity contribution in [2.45, 2.75) is 38.6 Å². The molecule has 0 aliphatic heterocycles. The van der Waals surface area contributed by atoms with Crippen LogP contribution in [0.15, 0.2) is 30.6 Å². The number of hydrogen-bond donors (Lipinski definition) is 1. The average Bonchev–Trinajstić information content (AvgIpc) is 2.35. The fourth-order valence-corrected chi connectivity index (χ4v) is 1.67. The normalized spacial score (nSPS) is 13.1. The zero-order chi connectivity index (χ0) is 11.6. The third kappa shape index (κ3) is 5.08. The third-order valence-electron chi connectivity index (χ3n) is 2.73. The van der Waals surface area contributed by atoms with Gasteiger partial charge in [0.2, 0.25) is 0 Å². The van der Waals surface area contributed by atoms with E-state index < -0.39 is 0 Å². The Hall–Kier alpha value is -1.15. The van der Waals surface area contributed by atoms with Gasteiger partial charge in [-0.15, -0.1) is 0 Å². The summed E-state index contributed by atoms with van der Waals surface area (Å²) in [5, 5.41) is 3.36. The monoisotopic (exact) mass is 218 g/mol. The molecule has 1 aromatic heterocycles. The van der Waals surface area contributed by atoms with Gasteiger partial charge < -0.3 is 5.32 Å². The van der Waals surface area contributed by atoms with Crippen molar-refractivity contribution in [3.8, 4) is 0 Å². The minimum atomic E-state index is 0.605. The lowest BCUT2D eigenvalue weighted by molar-refractivity contribution is 0.506. The third-order valence-corrected chi connectivity index (χ3v) is 2.73. The molecule has 0 aromatic carbocycles. The van der Waals surface area contributed by atoms with Crippen molar-refractivity contribution in [2.75, 3.05) is 7.05 Å². The van der Waals surface area contributed by atoms with Gasteiger partial charge in [0, 0.05) is 18.4 Å². The molecule has 1 aromatic rings. The van der Waals surface area contributed by atoms with Crippen molar-refractivity contribution >= 4 is 6.08 Å². The van der Waals surface area contributed by atoms with Crippen LogP contribution in [0.5, 0.6) is 0 Å². The number of unbranched alkanes of at least 4 members (excludes halogenated alkanes) is 1. The van der Waals surface area contributed by atoms with E-state index in [9.17, 15) is 0 Å². The van der Waals surface area contributed by atoms with Crippen LogP contribution in [-0.4, -0.2) is 18.1 Å². The maximum absolute atomic E-state index is 4.09. The summed E-state index contributed by atoms with van der Waals surface area (Å²) in [4.78, 5) is 4.09. The van der Waals surface area contributed by atoms with E-state index in [1.54, 1.807) is 6.20 Å². The minimum absolute atomic E-state index is 0.605. The van der Waals surface area contributed by atoms with Crippen LogP contribution in [0, 0.1) is 0 Å². The van der Waals surface area contributed by atoms with Gasteiger partial charge in [0.15, 0.2) is 0 Å². The van der Waals surface area contributed by atoms with Gasteiger partial charge in [0.25, 0.3) is 0 Å². The summed E-state index contributed by atoms with van der Waals surface area (Å²) in [5.41, 5.74) is 1.17. The Labute approximate surface area is 98.8 Å². The summed E-state index contributed by atoms with van der Waals surface area (Å²) >= 11 is 0. The van der Waals surface area contributed by atoms with Crippen LogP contribution in [-0.2, 0) is 0 Å². The molecular formula is C14H22N2. The van der Waals surface area contributed by atoms with E-state index in [2.05, 4.69) is 35.4 Å². The van der Waals surface area contributed by atoms with E-state index >= 15 is 0 Å². The molecular weight excluding hydrogens is 196 g/mol. The zero-order valence-electron chi connectivity index (χ0n) is 10.3. The molecule has 1 atom stereocenters. The Morgan fingerprint density at radius 1 is 1.50 bits per heavy atom. The molecule has 1 heterocycles. The molecule has 1 N–H and O–H groups in total. The van der Waals surface area contributed by atoms with Crippen LogP contribution in [0.3, 0.4) is 0 Å². The highest BCUT2D eigenvalue weighted by Gasteiger charge is 2.01. The Kier molecular flexibility index (Phi) is 6.50. The number of aromatic nitrogens is 1. The Morgan fingerprint density at radius 2 is 2.38 bits per heavy atom. The maximum atomic E-state index is 4.09. The zero-order valence-corrected chi connectivity index (χ0v) is 10.3. The van der Waals surface area contributed by atoms with E-state index in [0.717, 1.165) is 6.42 Å². The molecule has 2 nitrogen and oxygen atoms in total. The van der Waals surface area contributed by atoms with Crippen molar-refractivity contribution in [3.05, 3.63) is 36.2 Å². The van der Waals surface area contributed by atoms with Gasteiger partial charge in [-0.25, -0.2) is 0 Å². The highest BCUT2D eigenvalue weighted by atomic mass is 14.9. The quantitative estimate of drug-likeness (QED) is 0.760. The lowest BCUT2D eigenvalue weighted by atomic mass is 10.1. The molecule has 1 unspecified atom stereocenters. The number of nitrogens with one attached hydrogen (secondary N) is 1.